The standard InChI is InChI=1S/C28H28N4O5S/c1-3-37-25-18-21(19-29-20-25)8-9-22-6-4-5-7-26(22)28(34)32-16-14-31(15-17-32)24-12-10-23(11-13-24)27(33)30-38(2,35)36/h4-7,10-13,18-20H,3,14-17H2,1-2H3,(H,30,33). The van der Waals surface area contributed by atoms with Crippen LogP contribution < -0.4 is 14.4 Å². The molecule has 38 heavy (non-hydrogen) atoms. The monoisotopic (exact) mass is 532 g/mol. The topological polar surface area (TPSA) is 109 Å². The summed E-state index contributed by atoms with van der Waals surface area (Å²) in [6.07, 6.45) is 4.23. The second-order valence-corrected chi connectivity index (χ2v) is 10.4. The lowest BCUT2D eigenvalue weighted by Gasteiger charge is -2.36. The molecule has 0 radical (unpaired) electrons. The van der Waals surface area contributed by atoms with Gasteiger partial charge in [0.2, 0.25) is 10.0 Å². The maximum absolute atomic E-state index is 13.4. The van der Waals surface area contributed by atoms with E-state index in [0.29, 0.717) is 55.2 Å². The van der Waals surface area contributed by atoms with E-state index in [-0.39, 0.29) is 11.5 Å². The smallest absolute Gasteiger partial charge is 0.264 e. The van der Waals surface area contributed by atoms with Crippen molar-refractivity contribution in [1.82, 2.24) is 14.6 Å². The van der Waals surface area contributed by atoms with Crippen LogP contribution in [0.15, 0.2) is 67.0 Å². The minimum absolute atomic E-state index is 0.0801. The number of carbonyl (C=O) groups excluding carboxylic acids is 2. The number of ether oxygens (including phenoxy) is 1. The minimum atomic E-state index is -3.63. The summed E-state index contributed by atoms with van der Waals surface area (Å²) in [4.78, 5) is 33.5. The summed E-state index contributed by atoms with van der Waals surface area (Å²) < 4.78 is 30.0. The van der Waals surface area contributed by atoms with Crippen LogP contribution in [-0.4, -0.2) is 69.2 Å². The van der Waals surface area contributed by atoms with Gasteiger partial charge < -0.3 is 14.5 Å². The van der Waals surface area contributed by atoms with Crippen molar-refractivity contribution in [2.45, 2.75) is 6.92 Å². The van der Waals surface area contributed by atoms with Crippen LogP contribution in [0.5, 0.6) is 5.75 Å². The van der Waals surface area contributed by atoms with Crippen LogP contribution in [0.1, 0.15) is 38.8 Å². The molecule has 1 N–H and O–H groups in total. The molecular formula is C28H28N4O5S. The predicted octanol–water partition coefficient (Wildman–Crippen LogP) is 2.53. The SMILES string of the molecule is CCOc1cncc(C#Cc2ccccc2C(=O)N2CCN(c3ccc(C(=O)NS(C)(=O)=O)cc3)CC2)c1. The van der Waals surface area contributed by atoms with Crippen molar-refractivity contribution in [2.24, 2.45) is 0 Å². The van der Waals surface area contributed by atoms with E-state index in [1.807, 2.05) is 40.8 Å². The third kappa shape index (κ3) is 6.89. The maximum Gasteiger partial charge on any atom is 0.264 e. The van der Waals surface area contributed by atoms with Gasteiger partial charge in [-0.15, -0.1) is 0 Å². The van der Waals surface area contributed by atoms with E-state index in [0.717, 1.165) is 11.9 Å². The summed E-state index contributed by atoms with van der Waals surface area (Å²) in [5.74, 6) is 6.08. The molecule has 2 amide bonds. The van der Waals surface area contributed by atoms with Gasteiger partial charge in [-0.1, -0.05) is 24.0 Å². The van der Waals surface area contributed by atoms with Crippen molar-refractivity contribution in [2.75, 3.05) is 43.9 Å². The number of amides is 2. The zero-order valence-electron chi connectivity index (χ0n) is 21.2. The Kier molecular flexibility index (Phi) is 8.28. The molecule has 0 saturated carbocycles. The highest BCUT2D eigenvalue weighted by molar-refractivity contribution is 7.89. The number of hydrogen-bond donors (Lipinski definition) is 1. The number of piperazine rings is 1. The fourth-order valence-electron chi connectivity index (χ4n) is 4.04. The molecule has 0 atom stereocenters. The van der Waals surface area contributed by atoms with E-state index in [1.54, 1.807) is 42.7 Å². The number of rotatable bonds is 6. The van der Waals surface area contributed by atoms with Crippen molar-refractivity contribution < 1.29 is 22.7 Å². The van der Waals surface area contributed by atoms with E-state index in [2.05, 4.69) is 21.7 Å². The van der Waals surface area contributed by atoms with E-state index < -0.39 is 15.9 Å². The van der Waals surface area contributed by atoms with Crippen molar-refractivity contribution in [3.05, 3.63) is 89.2 Å². The fraction of sp³-hybridized carbons (Fsp3) is 0.250. The van der Waals surface area contributed by atoms with Crippen LogP contribution in [-0.2, 0) is 10.0 Å². The van der Waals surface area contributed by atoms with E-state index in [1.165, 1.54) is 0 Å². The van der Waals surface area contributed by atoms with E-state index >= 15 is 0 Å². The lowest BCUT2D eigenvalue weighted by molar-refractivity contribution is 0.0746. The highest BCUT2D eigenvalue weighted by Crippen LogP contribution is 2.20. The molecule has 0 bridgehead atoms. The van der Waals surface area contributed by atoms with Gasteiger partial charge in [-0.25, -0.2) is 13.1 Å². The average Bonchev–Trinajstić information content (AvgIpc) is 2.91. The van der Waals surface area contributed by atoms with Crippen LogP contribution in [0, 0.1) is 11.8 Å². The summed E-state index contributed by atoms with van der Waals surface area (Å²) >= 11 is 0. The van der Waals surface area contributed by atoms with Crippen molar-refractivity contribution in [3.63, 3.8) is 0 Å². The van der Waals surface area contributed by atoms with Gasteiger partial charge in [0.1, 0.15) is 5.75 Å². The zero-order valence-corrected chi connectivity index (χ0v) is 22.0. The number of carbonyl (C=O) groups is 2. The summed E-state index contributed by atoms with van der Waals surface area (Å²) in [6, 6.07) is 15.8. The molecule has 1 aromatic heterocycles. The van der Waals surface area contributed by atoms with Gasteiger partial charge in [0, 0.05) is 54.8 Å². The molecular weight excluding hydrogens is 504 g/mol. The van der Waals surface area contributed by atoms with Crippen molar-refractivity contribution >= 4 is 27.5 Å². The van der Waals surface area contributed by atoms with Crippen molar-refractivity contribution in [3.8, 4) is 17.6 Å². The highest BCUT2D eigenvalue weighted by Gasteiger charge is 2.24. The molecule has 2 aromatic carbocycles. The van der Waals surface area contributed by atoms with Crippen LogP contribution in [0.25, 0.3) is 0 Å². The first-order valence-electron chi connectivity index (χ1n) is 12.1. The van der Waals surface area contributed by atoms with Crippen molar-refractivity contribution in [1.29, 1.82) is 0 Å². The van der Waals surface area contributed by atoms with Gasteiger partial charge in [-0.2, -0.15) is 0 Å². The number of pyridine rings is 1. The third-order valence-electron chi connectivity index (χ3n) is 5.86. The Hall–Kier alpha value is -4.36. The molecule has 1 aliphatic heterocycles. The lowest BCUT2D eigenvalue weighted by Crippen LogP contribution is -2.49. The number of nitrogens with one attached hydrogen (secondary N) is 1. The van der Waals surface area contributed by atoms with Gasteiger partial charge in [-0.05, 0) is 49.4 Å². The van der Waals surface area contributed by atoms with Gasteiger partial charge in [-0.3, -0.25) is 14.6 Å². The lowest BCUT2D eigenvalue weighted by atomic mass is 10.1. The Labute approximate surface area is 222 Å². The molecule has 9 nitrogen and oxygen atoms in total. The van der Waals surface area contributed by atoms with Gasteiger partial charge >= 0.3 is 0 Å². The van der Waals surface area contributed by atoms with Crippen LogP contribution in [0.4, 0.5) is 5.69 Å². The zero-order chi connectivity index (χ0) is 27.1. The molecule has 2 heterocycles. The summed E-state index contributed by atoms with van der Waals surface area (Å²) in [7, 11) is -3.63. The van der Waals surface area contributed by atoms with Crippen LogP contribution in [0.3, 0.4) is 0 Å². The Morgan fingerprint density at radius 2 is 1.71 bits per heavy atom. The number of aromatic nitrogens is 1. The third-order valence-corrected chi connectivity index (χ3v) is 6.42. The molecule has 1 fully saturated rings. The number of anilines is 1. The number of nitrogens with zero attached hydrogens (tertiary/aromatic N) is 3. The second-order valence-electron chi connectivity index (χ2n) is 8.67. The first-order valence-corrected chi connectivity index (χ1v) is 14.0. The second kappa shape index (κ2) is 11.8. The molecule has 4 rings (SSSR count). The first kappa shape index (κ1) is 26.7. The van der Waals surface area contributed by atoms with Gasteiger partial charge in [0.25, 0.3) is 11.8 Å². The fourth-order valence-corrected chi connectivity index (χ4v) is 4.49. The molecule has 3 aromatic rings. The molecule has 0 aliphatic carbocycles. The molecule has 0 spiro atoms. The number of benzene rings is 2. The minimum Gasteiger partial charge on any atom is -0.492 e. The van der Waals surface area contributed by atoms with Gasteiger partial charge in [0.05, 0.1) is 24.6 Å². The quantitative estimate of drug-likeness (QED) is 0.486. The predicted molar refractivity (Wildman–Crippen MR) is 145 cm³/mol. The van der Waals surface area contributed by atoms with E-state index in [9.17, 15) is 18.0 Å². The first-order chi connectivity index (χ1) is 18.2. The molecule has 1 aliphatic rings. The normalized spacial score (nSPS) is 13.3. The number of sulfonamides is 1. The Morgan fingerprint density at radius 1 is 1.00 bits per heavy atom. The molecule has 10 heteroatoms. The van der Waals surface area contributed by atoms with E-state index in [4.69, 9.17) is 4.74 Å². The Balaban J connectivity index is 1.41. The Bertz CT molecular complexity index is 1490. The maximum atomic E-state index is 13.4. The number of hydrogen-bond acceptors (Lipinski definition) is 7. The van der Waals surface area contributed by atoms with Gasteiger partial charge in [0.15, 0.2) is 0 Å². The molecule has 0 unspecified atom stereocenters. The molecule has 1 saturated heterocycles. The average molecular weight is 533 g/mol. The summed E-state index contributed by atoms with van der Waals surface area (Å²) in [5.41, 5.74) is 3.04. The van der Waals surface area contributed by atoms with Crippen LogP contribution >= 0.6 is 0 Å². The summed E-state index contributed by atoms with van der Waals surface area (Å²) in [6.45, 7) is 4.72. The highest BCUT2D eigenvalue weighted by atomic mass is 32.2. The summed E-state index contributed by atoms with van der Waals surface area (Å²) in [5, 5.41) is 0. The van der Waals surface area contributed by atoms with Crippen LogP contribution in [0.2, 0.25) is 0 Å². The largest absolute Gasteiger partial charge is 0.492 e. The Morgan fingerprint density at radius 3 is 2.39 bits per heavy atom. The molecule has 196 valence electrons.